The van der Waals surface area contributed by atoms with Gasteiger partial charge in [0.05, 0.1) is 23.6 Å². The molecule has 1 fully saturated rings. The molecule has 3 heterocycles. The molecule has 37 heavy (non-hydrogen) atoms. The highest BCUT2D eigenvalue weighted by atomic mass is 35.5. The van der Waals surface area contributed by atoms with Crippen molar-refractivity contribution in [2.45, 2.75) is 48.2 Å². The number of ether oxygens (including phenoxy) is 1. The zero-order valence-electron chi connectivity index (χ0n) is 20.8. The van der Waals surface area contributed by atoms with Crippen LogP contribution in [0.5, 0.6) is 5.75 Å². The molecule has 8 heteroatoms. The first-order valence-corrected chi connectivity index (χ1v) is 13.5. The number of hydrogen-bond acceptors (Lipinski definition) is 5. The molecular formula is C29H32ClN3O3S. The number of halogens is 1. The normalized spacial score (nSPS) is 20.9. The molecule has 0 spiro atoms. The van der Waals surface area contributed by atoms with Gasteiger partial charge in [0.2, 0.25) is 0 Å². The molecule has 0 radical (unpaired) electrons. The Labute approximate surface area is 228 Å². The predicted octanol–water partition coefficient (Wildman–Crippen LogP) is 6.20. The maximum absolute atomic E-state index is 13.9. The molecule has 6 rings (SSSR count). The van der Waals surface area contributed by atoms with Crippen LogP contribution in [0.3, 0.4) is 0 Å². The molecular weight excluding hydrogens is 506 g/mol. The van der Waals surface area contributed by atoms with E-state index >= 15 is 0 Å². The monoisotopic (exact) mass is 537 g/mol. The van der Waals surface area contributed by atoms with Crippen LogP contribution in [0.15, 0.2) is 70.5 Å². The van der Waals surface area contributed by atoms with Crippen LogP contribution in [0.4, 0.5) is 16.2 Å². The van der Waals surface area contributed by atoms with E-state index in [0.29, 0.717) is 37.7 Å². The fraction of sp³-hybridized carbons (Fsp3) is 0.345. The molecule has 0 unspecified atom stereocenters. The molecule has 1 saturated heterocycles. The number of aromatic hydroxyl groups is 1. The number of nitrogens with zero attached hydrogens (tertiary/aromatic N) is 2. The number of phenolic OH excluding ortho intramolecular Hbond substituents is 1. The van der Waals surface area contributed by atoms with Crippen LogP contribution in [0.1, 0.15) is 35.6 Å². The van der Waals surface area contributed by atoms with Gasteiger partial charge in [-0.15, -0.1) is 12.4 Å². The van der Waals surface area contributed by atoms with Gasteiger partial charge in [0, 0.05) is 41.4 Å². The summed E-state index contributed by atoms with van der Waals surface area (Å²) in [5, 5.41) is 10.7. The fourth-order valence-electron chi connectivity index (χ4n) is 5.79. The molecule has 2 atom stereocenters. The Morgan fingerprint density at radius 2 is 1.65 bits per heavy atom. The van der Waals surface area contributed by atoms with Crippen molar-refractivity contribution < 1.29 is 14.6 Å². The molecule has 3 aliphatic heterocycles. The Bertz CT molecular complexity index is 1270. The third kappa shape index (κ3) is 4.59. The highest BCUT2D eigenvalue weighted by Crippen LogP contribution is 2.48. The van der Waals surface area contributed by atoms with Crippen LogP contribution in [0, 0.1) is 12.8 Å². The number of hydrogen-bond donors (Lipinski definition) is 2. The molecule has 194 valence electrons. The van der Waals surface area contributed by atoms with Gasteiger partial charge in [-0.25, -0.2) is 4.79 Å². The fourth-order valence-corrected chi connectivity index (χ4v) is 6.85. The van der Waals surface area contributed by atoms with Crippen molar-refractivity contribution in [3.05, 3.63) is 77.4 Å². The number of para-hydroxylation sites is 2. The van der Waals surface area contributed by atoms with Gasteiger partial charge in [-0.05, 0) is 61.1 Å². The summed E-state index contributed by atoms with van der Waals surface area (Å²) in [7, 11) is 0. The number of nitrogens with two attached hydrogens (primary N) is 1. The highest BCUT2D eigenvalue weighted by molar-refractivity contribution is 7.99. The van der Waals surface area contributed by atoms with Crippen molar-refractivity contribution in [2.75, 3.05) is 24.5 Å². The number of amides is 2. The number of urea groups is 1. The van der Waals surface area contributed by atoms with E-state index < -0.39 is 0 Å². The first-order chi connectivity index (χ1) is 17.5. The van der Waals surface area contributed by atoms with Crippen molar-refractivity contribution in [3.63, 3.8) is 0 Å². The second-order valence-corrected chi connectivity index (χ2v) is 11.0. The summed E-state index contributed by atoms with van der Waals surface area (Å²) in [6, 6.07) is 20.2. The molecule has 0 saturated carbocycles. The lowest BCUT2D eigenvalue weighted by molar-refractivity contribution is -0.0624. The molecule has 3 N–H and O–H groups in total. The van der Waals surface area contributed by atoms with E-state index in [-0.39, 0.29) is 30.6 Å². The molecule has 0 bridgehead atoms. The third-order valence-electron chi connectivity index (χ3n) is 7.79. The standard InChI is InChI=1S/C29H31N3O3S.ClH/c1-18-10-11-20-21(28(18)33)16-24(35-25(20)17-30)19-12-14-31(15-13-19)29(34)32-22-6-2-4-8-26(22)36-27-9-5-3-7-23(27)32;/h2-11,19,24-25,33H,12-17,30H2,1H3;1H/t24-,25-;/m0./s1. The first-order valence-electron chi connectivity index (χ1n) is 12.7. The summed E-state index contributed by atoms with van der Waals surface area (Å²) in [6.07, 6.45) is 2.19. The smallest absolute Gasteiger partial charge is 0.329 e. The van der Waals surface area contributed by atoms with E-state index in [1.807, 2.05) is 65.3 Å². The van der Waals surface area contributed by atoms with Crippen LogP contribution in [-0.2, 0) is 11.2 Å². The lowest BCUT2D eigenvalue weighted by atomic mass is 9.83. The van der Waals surface area contributed by atoms with E-state index in [1.54, 1.807) is 11.8 Å². The minimum atomic E-state index is -0.205. The van der Waals surface area contributed by atoms with Gasteiger partial charge in [0.25, 0.3) is 0 Å². The second-order valence-electron chi connectivity index (χ2n) is 9.88. The van der Waals surface area contributed by atoms with Crippen LogP contribution in [0.25, 0.3) is 0 Å². The van der Waals surface area contributed by atoms with Gasteiger partial charge < -0.3 is 20.5 Å². The highest BCUT2D eigenvalue weighted by Gasteiger charge is 2.38. The van der Waals surface area contributed by atoms with Crippen LogP contribution >= 0.6 is 24.2 Å². The molecule has 3 aromatic carbocycles. The Morgan fingerprint density at radius 1 is 1.03 bits per heavy atom. The average molecular weight is 538 g/mol. The van der Waals surface area contributed by atoms with Crippen molar-refractivity contribution in [1.82, 2.24) is 4.90 Å². The maximum atomic E-state index is 13.9. The summed E-state index contributed by atoms with van der Waals surface area (Å²) in [6.45, 7) is 3.67. The summed E-state index contributed by atoms with van der Waals surface area (Å²) in [5.41, 5.74) is 10.8. The predicted molar refractivity (Wildman–Crippen MR) is 149 cm³/mol. The molecule has 0 aliphatic carbocycles. The van der Waals surface area contributed by atoms with E-state index in [0.717, 1.165) is 50.7 Å². The van der Waals surface area contributed by atoms with Gasteiger partial charge in [0.1, 0.15) is 5.75 Å². The maximum Gasteiger partial charge on any atom is 0.329 e. The van der Waals surface area contributed by atoms with Gasteiger partial charge in [0.15, 0.2) is 0 Å². The molecule has 2 amide bonds. The number of benzene rings is 3. The minimum Gasteiger partial charge on any atom is -0.507 e. The first kappa shape index (κ1) is 25.9. The number of phenols is 1. The molecule has 6 nitrogen and oxygen atoms in total. The number of piperidine rings is 1. The number of carbonyl (C=O) groups is 1. The summed E-state index contributed by atoms with van der Waals surface area (Å²) >= 11 is 1.71. The van der Waals surface area contributed by atoms with E-state index in [9.17, 15) is 9.90 Å². The minimum absolute atomic E-state index is 0. The number of aryl methyl sites for hydroxylation is 1. The Kier molecular flexibility index (Phi) is 7.41. The topological polar surface area (TPSA) is 79.0 Å². The van der Waals surface area contributed by atoms with Crippen molar-refractivity contribution in [1.29, 1.82) is 0 Å². The molecule has 3 aromatic rings. The van der Waals surface area contributed by atoms with Crippen LogP contribution in [0.2, 0.25) is 0 Å². The van der Waals surface area contributed by atoms with Gasteiger partial charge in [-0.2, -0.15) is 0 Å². The quantitative estimate of drug-likeness (QED) is 0.407. The van der Waals surface area contributed by atoms with E-state index in [4.69, 9.17) is 10.5 Å². The SMILES string of the molecule is Cc1ccc2c(c1O)C[C@@H](C1CCN(C(=O)N3c4ccccc4Sc4ccccc43)CC1)O[C@H]2CN.Cl. The van der Waals surface area contributed by atoms with Gasteiger partial charge >= 0.3 is 6.03 Å². The third-order valence-corrected chi connectivity index (χ3v) is 8.92. The van der Waals surface area contributed by atoms with E-state index in [2.05, 4.69) is 12.1 Å². The number of rotatable bonds is 2. The number of fused-ring (bicyclic) bond motifs is 3. The Hall–Kier alpha value is -2.71. The molecule has 3 aliphatic rings. The van der Waals surface area contributed by atoms with Gasteiger partial charge in [-0.1, -0.05) is 48.2 Å². The zero-order valence-corrected chi connectivity index (χ0v) is 22.4. The van der Waals surface area contributed by atoms with E-state index in [1.165, 1.54) is 0 Å². The lowest BCUT2D eigenvalue weighted by Gasteiger charge is -2.42. The average Bonchev–Trinajstić information content (AvgIpc) is 2.93. The number of carbonyl (C=O) groups excluding carboxylic acids is 1. The second kappa shape index (κ2) is 10.6. The van der Waals surface area contributed by atoms with Crippen LogP contribution < -0.4 is 10.6 Å². The Balaban J connectivity index is 0.00000280. The van der Waals surface area contributed by atoms with Crippen LogP contribution in [-0.4, -0.2) is 41.8 Å². The number of likely N-dealkylation sites (tertiary alicyclic amines) is 1. The summed E-state index contributed by atoms with van der Waals surface area (Å²) < 4.78 is 6.45. The van der Waals surface area contributed by atoms with Crippen molar-refractivity contribution in [2.24, 2.45) is 11.7 Å². The Morgan fingerprint density at radius 3 is 2.27 bits per heavy atom. The number of anilines is 2. The van der Waals surface area contributed by atoms with Crippen molar-refractivity contribution in [3.8, 4) is 5.75 Å². The van der Waals surface area contributed by atoms with Gasteiger partial charge in [-0.3, -0.25) is 4.90 Å². The van der Waals surface area contributed by atoms with Crippen molar-refractivity contribution >= 4 is 41.6 Å². The molecule has 0 aromatic heterocycles. The zero-order chi connectivity index (χ0) is 24.8. The summed E-state index contributed by atoms with van der Waals surface area (Å²) in [5.74, 6) is 0.680. The lowest BCUT2D eigenvalue weighted by Crippen LogP contribution is -2.48. The largest absolute Gasteiger partial charge is 0.507 e. The summed E-state index contributed by atoms with van der Waals surface area (Å²) in [4.78, 5) is 19.9.